The van der Waals surface area contributed by atoms with Crippen LogP contribution in [0.25, 0.3) is 16.9 Å². The number of amides is 1. The van der Waals surface area contributed by atoms with Gasteiger partial charge < -0.3 is 4.74 Å². The van der Waals surface area contributed by atoms with Crippen molar-refractivity contribution in [2.75, 3.05) is 0 Å². The third-order valence-corrected chi connectivity index (χ3v) is 6.57. The summed E-state index contributed by atoms with van der Waals surface area (Å²) in [4.78, 5) is 11.9. The van der Waals surface area contributed by atoms with Crippen LogP contribution < -0.4 is 4.72 Å². The molecule has 0 bridgehead atoms. The molecule has 0 aliphatic heterocycles. The first kappa shape index (κ1) is 28.0. The first-order valence-electron chi connectivity index (χ1n) is 11.3. The fraction of sp³-hybridized carbons (Fsp3) is 0.308. The van der Waals surface area contributed by atoms with Crippen LogP contribution >= 0.6 is 0 Å². The quantitative estimate of drug-likeness (QED) is 0.364. The van der Waals surface area contributed by atoms with E-state index < -0.39 is 33.6 Å². The number of halogens is 3. The summed E-state index contributed by atoms with van der Waals surface area (Å²) in [6.45, 7) is 10.3. The highest BCUT2D eigenvalue weighted by atomic mass is 32.2. The Bertz CT molecular complexity index is 1400. The molecule has 0 atom stereocenters. The van der Waals surface area contributed by atoms with Crippen molar-refractivity contribution in [3.8, 4) is 16.9 Å². The van der Waals surface area contributed by atoms with E-state index >= 15 is 0 Å². The van der Waals surface area contributed by atoms with E-state index in [-0.39, 0.29) is 28.3 Å². The zero-order valence-electron chi connectivity index (χ0n) is 20.9. The molecule has 0 radical (unpaired) electrons. The molecule has 3 aromatic rings. The van der Waals surface area contributed by atoms with Gasteiger partial charge in [-0.1, -0.05) is 35.9 Å². The number of carbonyl (C=O) groups excluding carboxylic acids is 1. The maximum atomic E-state index is 13.6. The molecule has 198 valence electrons. The van der Waals surface area contributed by atoms with E-state index in [4.69, 9.17) is 4.74 Å². The van der Waals surface area contributed by atoms with Gasteiger partial charge in [0.25, 0.3) is 10.0 Å². The van der Waals surface area contributed by atoms with Crippen LogP contribution in [-0.2, 0) is 27.4 Å². The highest BCUT2D eigenvalue weighted by molar-refractivity contribution is 7.90. The minimum absolute atomic E-state index is 0.185. The average Bonchev–Trinajstić information content (AvgIpc) is 3.22. The van der Waals surface area contributed by atoms with Crippen molar-refractivity contribution in [2.45, 2.75) is 57.2 Å². The van der Waals surface area contributed by atoms with Gasteiger partial charge >= 0.3 is 12.3 Å². The molecule has 1 N–H and O–H groups in total. The predicted molar refractivity (Wildman–Crippen MR) is 134 cm³/mol. The Kier molecular flexibility index (Phi) is 7.87. The zero-order chi connectivity index (χ0) is 27.6. The summed E-state index contributed by atoms with van der Waals surface area (Å²) in [5.41, 5.74) is 0.115. The molecule has 0 aliphatic carbocycles. The molecule has 3 rings (SSSR count). The lowest BCUT2D eigenvalue weighted by molar-refractivity contribution is -0.141. The summed E-state index contributed by atoms with van der Waals surface area (Å²) in [5, 5.41) is 3.78. The van der Waals surface area contributed by atoms with Crippen LogP contribution in [0.2, 0.25) is 0 Å². The van der Waals surface area contributed by atoms with E-state index in [1.807, 2.05) is 11.6 Å². The maximum absolute atomic E-state index is 13.6. The molecule has 1 amide bonds. The number of ether oxygens (including phenoxy) is 1. The number of rotatable bonds is 7. The van der Waals surface area contributed by atoms with Crippen LogP contribution in [0.4, 0.5) is 18.0 Å². The number of hydrogen-bond acceptors (Lipinski definition) is 5. The highest BCUT2D eigenvalue weighted by Crippen LogP contribution is 2.34. The Labute approximate surface area is 214 Å². The van der Waals surface area contributed by atoms with E-state index in [9.17, 15) is 26.4 Å². The lowest BCUT2D eigenvalue weighted by atomic mass is 10.1. The Morgan fingerprint density at radius 1 is 1.11 bits per heavy atom. The highest BCUT2D eigenvalue weighted by Gasteiger charge is 2.35. The van der Waals surface area contributed by atoms with Crippen LogP contribution in [0, 0.1) is 6.92 Å². The minimum Gasteiger partial charge on any atom is -0.443 e. The third-order valence-electron chi connectivity index (χ3n) is 5.16. The monoisotopic (exact) mass is 535 g/mol. The van der Waals surface area contributed by atoms with Gasteiger partial charge in [0.05, 0.1) is 16.3 Å². The summed E-state index contributed by atoms with van der Waals surface area (Å²) in [6, 6.07) is 11.9. The van der Waals surface area contributed by atoms with Gasteiger partial charge in [-0.3, -0.25) is 0 Å². The lowest BCUT2D eigenvalue weighted by Crippen LogP contribution is -2.36. The van der Waals surface area contributed by atoms with Crippen molar-refractivity contribution in [3.63, 3.8) is 0 Å². The van der Waals surface area contributed by atoms with Gasteiger partial charge in [0.1, 0.15) is 5.60 Å². The SMILES string of the molecule is C=CCCc1cc(-n2nc(C(F)(F)F)cc2-c2ccc(C)cc2)ccc1S(=O)(=O)NC(=O)OC(C)(C)C. The maximum Gasteiger partial charge on any atom is 0.435 e. The van der Waals surface area contributed by atoms with Crippen molar-refractivity contribution in [3.05, 3.63) is 78.0 Å². The average molecular weight is 536 g/mol. The first-order valence-corrected chi connectivity index (χ1v) is 12.8. The molecule has 37 heavy (non-hydrogen) atoms. The van der Waals surface area contributed by atoms with Crippen molar-refractivity contribution < 1.29 is 31.1 Å². The smallest absolute Gasteiger partial charge is 0.435 e. The van der Waals surface area contributed by atoms with Gasteiger partial charge in [-0.05, 0) is 70.4 Å². The molecule has 7 nitrogen and oxygen atoms in total. The molecule has 1 heterocycles. The second-order valence-corrected chi connectivity index (χ2v) is 11.1. The van der Waals surface area contributed by atoms with E-state index in [1.54, 1.807) is 51.1 Å². The Morgan fingerprint density at radius 3 is 2.32 bits per heavy atom. The van der Waals surface area contributed by atoms with Gasteiger partial charge in [-0.15, -0.1) is 6.58 Å². The summed E-state index contributed by atoms with van der Waals surface area (Å²) >= 11 is 0. The largest absolute Gasteiger partial charge is 0.443 e. The van der Waals surface area contributed by atoms with Gasteiger partial charge in [0.2, 0.25) is 0 Å². The third kappa shape index (κ3) is 7.00. The molecule has 11 heteroatoms. The second kappa shape index (κ2) is 10.4. The molecule has 2 aromatic carbocycles. The number of sulfonamides is 1. The fourth-order valence-electron chi connectivity index (χ4n) is 3.52. The molecule has 0 saturated heterocycles. The van der Waals surface area contributed by atoms with E-state index in [0.717, 1.165) is 16.3 Å². The van der Waals surface area contributed by atoms with Crippen LogP contribution in [0.5, 0.6) is 0 Å². The molecule has 0 aliphatic rings. The van der Waals surface area contributed by atoms with Crippen LogP contribution in [0.3, 0.4) is 0 Å². The number of carbonyl (C=O) groups is 1. The lowest BCUT2D eigenvalue weighted by Gasteiger charge is -2.20. The molecular weight excluding hydrogens is 507 g/mol. The summed E-state index contributed by atoms with van der Waals surface area (Å²) < 4.78 is 74.8. The van der Waals surface area contributed by atoms with Gasteiger partial charge in [-0.2, -0.15) is 18.3 Å². The van der Waals surface area contributed by atoms with Gasteiger partial charge in [0.15, 0.2) is 5.69 Å². The van der Waals surface area contributed by atoms with Crippen LogP contribution in [-0.4, -0.2) is 29.9 Å². The second-order valence-electron chi connectivity index (χ2n) is 9.42. The van der Waals surface area contributed by atoms with Crippen molar-refractivity contribution in [1.82, 2.24) is 14.5 Å². The Morgan fingerprint density at radius 2 is 1.76 bits per heavy atom. The number of allylic oxidation sites excluding steroid dienone is 1. The standard InChI is InChI=1S/C26H28F3N3O4S/c1-6-7-8-19-15-20(13-14-22(19)37(34,35)31-24(33)36-25(3,4)5)32-21(16-23(30-32)26(27,28)29)18-11-9-17(2)10-12-18/h6,9-16H,1,7-8H2,2-5H3,(H,31,33). The minimum atomic E-state index is -4.68. The summed E-state index contributed by atoms with van der Waals surface area (Å²) in [5.74, 6) is 0. The Balaban J connectivity index is 2.12. The Hall–Kier alpha value is -3.60. The van der Waals surface area contributed by atoms with Crippen molar-refractivity contribution in [1.29, 1.82) is 0 Å². The van der Waals surface area contributed by atoms with Gasteiger partial charge in [0, 0.05) is 5.56 Å². The van der Waals surface area contributed by atoms with Crippen molar-refractivity contribution in [2.24, 2.45) is 0 Å². The number of aryl methyl sites for hydroxylation is 2. The summed E-state index contributed by atoms with van der Waals surface area (Å²) in [7, 11) is -4.35. The van der Waals surface area contributed by atoms with Crippen LogP contribution in [0.1, 0.15) is 44.0 Å². The normalized spacial score (nSPS) is 12.3. The van der Waals surface area contributed by atoms with E-state index in [0.29, 0.717) is 12.0 Å². The molecule has 0 saturated carbocycles. The number of alkyl halides is 3. The van der Waals surface area contributed by atoms with Crippen LogP contribution in [0.15, 0.2) is 66.1 Å². The molecule has 1 aromatic heterocycles. The predicted octanol–water partition coefficient (Wildman–Crippen LogP) is 6.20. The van der Waals surface area contributed by atoms with E-state index in [2.05, 4.69) is 11.7 Å². The first-order chi connectivity index (χ1) is 17.1. The molecule has 0 fully saturated rings. The molecule has 0 spiro atoms. The molecule has 0 unspecified atom stereocenters. The number of aromatic nitrogens is 2. The topological polar surface area (TPSA) is 90.3 Å². The number of benzene rings is 2. The number of hydrogen-bond donors (Lipinski definition) is 1. The fourth-order valence-corrected chi connectivity index (χ4v) is 4.65. The van der Waals surface area contributed by atoms with Gasteiger partial charge in [-0.25, -0.2) is 22.6 Å². The number of nitrogens with one attached hydrogen (secondary N) is 1. The molecular formula is C26H28F3N3O4S. The summed E-state index contributed by atoms with van der Waals surface area (Å²) in [6.07, 6.45) is -3.66. The van der Waals surface area contributed by atoms with Crippen molar-refractivity contribution >= 4 is 16.1 Å². The van der Waals surface area contributed by atoms with E-state index in [1.165, 1.54) is 18.2 Å². The number of nitrogens with zero attached hydrogens (tertiary/aromatic N) is 2. The zero-order valence-corrected chi connectivity index (χ0v) is 21.7.